The second-order valence-electron chi connectivity index (χ2n) is 5.60. The van der Waals surface area contributed by atoms with Crippen LogP contribution in [-0.4, -0.2) is 48.1 Å². The van der Waals surface area contributed by atoms with E-state index in [1.807, 2.05) is 29.3 Å². The minimum absolute atomic E-state index is 0.0137. The molecule has 1 saturated heterocycles. The number of H-pyrrole nitrogens is 1. The Morgan fingerprint density at radius 3 is 3.10 bits per heavy atom. The molecule has 3 N–H and O–H groups in total. The number of likely N-dealkylation sites (tertiary alicyclic amines) is 1. The second kappa shape index (κ2) is 5.87. The molecular weight excluding hydrogens is 266 g/mol. The largest absolute Gasteiger partial charge is 0.380 e. The summed E-state index contributed by atoms with van der Waals surface area (Å²) in [6.07, 6.45) is 3.54. The zero-order chi connectivity index (χ0) is 14.8. The van der Waals surface area contributed by atoms with E-state index in [0.29, 0.717) is 13.0 Å². The van der Waals surface area contributed by atoms with Gasteiger partial charge in [-0.15, -0.1) is 0 Å². The van der Waals surface area contributed by atoms with Crippen LogP contribution in [0.25, 0.3) is 10.9 Å². The van der Waals surface area contributed by atoms with Gasteiger partial charge in [0.25, 0.3) is 0 Å². The van der Waals surface area contributed by atoms with Crippen LogP contribution in [0.15, 0.2) is 30.5 Å². The van der Waals surface area contributed by atoms with Crippen molar-refractivity contribution < 1.29 is 9.53 Å². The van der Waals surface area contributed by atoms with Gasteiger partial charge in [-0.1, -0.05) is 18.2 Å². The molecule has 3 rings (SSSR count). The summed E-state index contributed by atoms with van der Waals surface area (Å²) in [5, 5.41) is 1.14. The van der Waals surface area contributed by atoms with Gasteiger partial charge in [-0.2, -0.15) is 0 Å². The highest BCUT2D eigenvalue weighted by Gasteiger charge is 2.29. The highest BCUT2D eigenvalue weighted by Crippen LogP contribution is 2.20. The Bertz CT molecular complexity index is 637. The zero-order valence-electron chi connectivity index (χ0n) is 12.2. The third-order valence-corrected chi connectivity index (χ3v) is 4.22. The van der Waals surface area contributed by atoms with Crippen LogP contribution in [0.5, 0.6) is 0 Å². The Kier molecular flexibility index (Phi) is 3.94. The number of nitrogens with one attached hydrogen (secondary N) is 1. The Morgan fingerprint density at radius 2 is 2.33 bits per heavy atom. The molecule has 2 heterocycles. The fourth-order valence-corrected chi connectivity index (χ4v) is 2.98. The molecule has 21 heavy (non-hydrogen) atoms. The average molecular weight is 287 g/mol. The van der Waals surface area contributed by atoms with Crippen LogP contribution < -0.4 is 5.73 Å². The first-order chi connectivity index (χ1) is 10.2. The number of methoxy groups -OCH3 is 1. The standard InChI is InChI=1S/C16H21N3O2/c1-21-12-6-7-19(10-12)16(20)14(17)8-11-9-18-15-5-3-2-4-13(11)15/h2-5,9,12,14,18H,6-8,10,17H2,1H3/t12?,14-/m0/s1. The number of amides is 1. The molecule has 1 fully saturated rings. The van der Waals surface area contributed by atoms with E-state index < -0.39 is 6.04 Å². The maximum atomic E-state index is 12.4. The molecule has 5 nitrogen and oxygen atoms in total. The van der Waals surface area contributed by atoms with Crippen molar-refractivity contribution in [3.63, 3.8) is 0 Å². The Morgan fingerprint density at radius 1 is 1.52 bits per heavy atom. The van der Waals surface area contributed by atoms with Gasteiger partial charge in [-0.3, -0.25) is 4.79 Å². The highest BCUT2D eigenvalue weighted by molar-refractivity contribution is 5.86. The molecule has 1 amide bonds. The van der Waals surface area contributed by atoms with E-state index in [0.717, 1.165) is 29.4 Å². The summed E-state index contributed by atoms with van der Waals surface area (Å²) in [6.45, 7) is 1.38. The zero-order valence-corrected chi connectivity index (χ0v) is 12.2. The van der Waals surface area contributed by atoms with Crippen LogP contribution in [0.4, 0.5) is 0 Å². The molecule has 0 spiro atoms. The van der Waals surface area contributed by atoms with Crippen LogP contribution in [0, 0.1) is 0 Å². The van der Waals surface area contributed by atoms with E-state index in [2.05, 4.69) is 11.1 Å². The van der Waals surface area contributed by atoms with Crippen molar-refractivity contribution in [3.8, 4) is 0 Å². The quantitative estimate of drug-likeness (QED) is 0.890. The number of hydrogen-bond acceptors (Lipinski definition) is 3. The van der Waals surface area contributed by atoms with Gasteiger partial charge in [0.15, 0.2) is 0 Å². The lowest BCUT2D eigenvalue weighted by molar-refractivity contribution is -0.131. The molecule has 112 valence electrons. The first-order valence-corrected chi connectivity index (χ1v) is 7.31. The number of fused-ring (bicyclic) bond motifs is 1. The monoisotopic (exact) mass is 287 g/mol. The van der Waals surface area contributed by atoms with Crippen molar-refractivity contribution in [2.24, 2.45) is 5.73 Å². The highest BCUT2D eigenvalue weighted by atomic mass is 16.5. The molecular formula is C16H21N3O2. The van der Waals surface area contributed by atoms with Crippen molar-refractivity contribution in [2.75, 3.05) is 20.2 Å². The van der Waals surface area contributed by atoms with Crippen molar-refractivity contribution in [2.45, 2.75) is 25.0 Å². The van der Waals surface area contributed by atoms with Gasteiger partial charge in [-0.25, -0.2) is 0 Å². The number of rotatable bonds is 4. The van der Waals surface area contributed by atoms with E-state index in [4.69, 9.17) is 10.5 Å². The Balaban J connectivity index is 1.68. The fraction of sp³-hybridized carbons (Fsp3) is 0.438. The number of ether oxygens (including phenoxy) is 1. The number of carbonyl (C=O) groups excluding carboxylic acids is 1. The first-order valence-electron chi connectivity index (χ1n) is 7.31. The van der Waals surface area contributed by atoms with E-state index in [1.54, 1.807) is 7.11 Å². The van der Waals surface area contributed by atoms with Gasteiger partial charge in [0.2, 0.25) is 5.91 Å². The lowest BCUT2D eigenvalue weighted by Gasteiger charge is -2.20. The average Bonchev–Trinajstić information content (AvgIpc) is 3.14. The molecule has 1 unspecified atom stereocenters. The van der Waals surface area contributed by atoms with Gasteiger partial charge in [0.05, 0.1) is 12.1 Å². The van der Waals surface area contributed by atoms with Gasteiger partial charge in [-0.05, 0) is 24.5 Å². The van der Waals surface area contributed by atoms with Crippen molar-refractivity contribution in [3.05, 3.63) is 36.0 Å². The third-order valence-electron chi connectivity index (χ3n) is 4.22. The van der Waals surface area contributed by atoms with Gasteiger partial charge in [0, 0.05) is 37.3 Å². The molecule has 0 aliphatic carbocycles. The van der Waals surface area contributed by atoms with Crippen LogP contribution in [-0.2, 0) is 16.0 Å². The number of nitrogens with two attached hydrogens (primary N) is 1. The number of benzene rings is 1. The third kappa shape index (κ3) is 2.80. The Labute approximate surface area is 124 Å². The number of para-hydroxylation sites is 1. The summed E-state index contributed by atoms with van der Waals surface area (Å²) in [5.41, 5.74) is 8.29. The maximum absolute atomic E-state index is 12.4. The molecule has 1 aromatic carbocycles. The van der Waals surface area contributed by atoms with Crippen molar-refractivity contribution in [1.82, 2.24) is 9.88 Å². The number of hydrogen-bond donors (Lipinski definition) is 2. The number of nitrogens with zero attached hydrogens (tertiary/aromatic N) is 1. The van der Waals surface area contributed by atoms with Crippen LogP contribution in [0.3, 0.4) is 0 Å². The SMILES string of the molecule is COC1CCN(C(=O)[C@@H](N)Cc2c[nH]c3ccccc23)C1. The van der Waals surface area contributed by atoms with Gasteiger partial charge >= 0.3 is 0 Å². The maximum Gasteiger partial charge on any atom is 0.239 e. The summed E-state index contributed by atoms with van der Waals surface area (Å²) < 4.78 is 5.30. The lowest BCUT2D eigenvalue weighted by Crippen LogP contribution is -2.44. The van der Waals surface area contributed by atoms with Gasteiger partial charge < -0.3 is 20.4 Å². The normalized spacial score (nSPS) is 20.1. The Hall–Kier alpha value is -1.85. The molecule has 0 radical (unpaired) electrons. The number of aromatic nitrogens is 1. The minimum atomic E-state index is -0.500. The van der Waals surface area contributed by atoms with Crippen molar-refractivity contribution >= 4 is 16.8 Å². The number of carbonyl (C=O) groups is 1. The predicted octanol–water partition coefficient (Wildman–Crippen LogP) is 1.28. The number of aromatic amines is 1. The van der Waals surface area contributed by atoms with Crippen molar-refractivity contribution in [1.29, 1.82) is 0 Å². The molecule has 2 aromatic rings. The van der Waals surface area contributed by atoms with E-state index in [9.17, 15) is 4.79 Å². The summed E-state index contributed by atoms with van der Waals surface area (Å²) in [6, 6.07) is 7.56. The van der Waals surface area contributed by atoms with Crippen LogP contribution in [0.2, 0.25) is 0 Å². The van der Waals surface area contributed by atoms with Gasteiger partial charge in [0.1, 0.15) is 0 Å². The van der Waals surface area contributed by atoms with Crippen LogP contribution >= 0.6 is 0 Å². The molecule has 1 aliphatic heterocycles. The smallest absolute Gasteiger partial charge is 0.239 e. The van der Waals surface area contributed by atoms with E-state index >= 15 is 0 Å². The van der Waals surface area contributed by atoms with Crippen LogP contribution in [0.1, 0.15) is 12.0 Å². The summed E-state index contributed by atoms with van der Waals surface area (Å²) in [5.74, 6) is 0.0137. The molecule has 0 bridgehead atoms. The first kappa shape index (κ1) is 14.1. The van der Waals surface area contributed by atoms with E-state index in [1.165, 1.54) is 0 Å². The molecule has 5 heteroatoms. The molecule has 2 atom stereocenters. The fourth-order valence-electron chi connectivity index (χ4n) is 2.98. The molecule has 0 saturated carbocycles. The van der Waals surface area contributed by atoms with E-state index in [-0.39, 0.29) is 12.0 Å². The predicted molar refractivity (Wildman–Crippen MR) is 82.0 cm³/mol. The summed E-state index contributed by atoms with van der Waals surface area (Å²) >= 11 is 0. The minimum Gasteiger partial charge on any atom is -0.380 e. The molecule has 1 aromatic heterocycles. The summed E-state index contributed by atoms with van der Waals surface area (Å²) in [7, 11) is 1.69. The lowest BCUT2D eigenvalue weighted by atomic mass is 10.0. The topological polar surface area (TPSA) is 71.3 Å². The molecule has 1 aliphatic rings. The second-order valence-corrected chi connectivity index (χ2v) is 5.60. The summed E-state index contributed by atoms with van der Waals surface area (Å²) in [4.78, 5) is 17.4.